The molecule has 1 amide bonds. The van der Waals surface area contributed by atoms with Crippen molar-refractivity contribution in [2.45, 2.75) is 57.8 Å². The van der Waals surface area contributed by atoms with E-state index in [2.05, 4.69) is 4.98 Å². The van der Waals surface area contributed by atoms with Crippen LogP contribution in [0.5, 0.6) is 0 Å². The smallest absolute Gasteiger partial charge is 0.411 e. The molecule has 0 aliphatic heterocycles. The number of benzene rings is 1. The number of carbonyl (C=O) groups excluding carboxylic acids is 1. The summed E-state index contributed by atoms with van der Waals surface area (Å²) in [5.74, 6) is -0.451. The zero-order valence-corrected chi connectivity index (χ0v) is 19.5. The summed E-state index contributed by atoms with van der Waals surface area (Å²) in [6.07, 6.45) is 0.0618. The Morgan fingerprint density at radius 2 is 1.86 bits per heavy atom. The van der Waals surface area contributed by atoms with Crippen molar-refractivity contribution >= 4 is 41.8 Å². The van der Waals surface area contributed by atoms with Crippen molar-refractivity contribution in [3.63, 3.8) is 0 Å². The number of hydrogen-bond acceptors (Lipinski definition) is 5. The van der Waals surface area contributed by atoms with Crippen molar-refractivity contribution in [2.75, 3.05) is 6.26 Å². The number of carbonyl (C=O) groups is 1. The van der Waals surface area contributed by atoms with Crippen molar-refractivity contribution in [3.8, 4) is 0 Å². The summed E-state index contributed by atoms with van der Waals surface area (Å²) in [6, 6.07) is 3.58. The fraction of sp³-hybridized carbons (Fsp3) is 0.474. The maximum absolute atomic E-state index is 14.0. The number of rotatable bonds is 7. The lowest BCUT2D eigenvalue weighted by Crippen LogP contribution is -2.43. The standard InChI is InChI=1S/C19H24ClF2N3O2S2/c1-10(2)24(11(3)4)19(26)27-16(13-7-14(20)9-15(21)8-13)17-23-18(28-6)12(5)25(17)29-22/h7-11,16H,1-6H3. The highest BCUT2D eigenvalue weighted by Gasteiger charge is 2.31. The van der Waals surface area contributed by atoms with Gasteiger partial charge in [-0.15, -0.1) is 15.6 Å². The van der Waals surface area contributed by atoms with Gasteiger partial charge in [0.2, 0.25) is 0 Å². The second-order valence-corrected chi connectivity index (χ2v) is 8.72. The van der Waals surface area contributed by atoms with Crippen LogP contribution in [0.4, 0.5) is 13.1 Å². The number of amides is 1. The molecule has 0 aliphatic carbocycles. The van der Waals surface area contributed by atoms with Crippen LogP contribution in [-0.2, 0) is 4.74 Å². The Balaban J connectivity index is 2.60. The molecule has 1 aromatic heterocycles. The van der Waals surface area contributed by atoms with Gasteiger partial charge in [-0.25, -0.2) is 18.1 Å². The van der Waals surface area contributed by atoms with E-state index >= 15 is 0 Å². The van der Waals surface area contributed by atoms with Crippen LogP contribution in [0.2, 0.25) is 5.02 Å². The highest BCUT2D eigenvalue weighted by atomic mass is 35.5. The molecule has 1 heterocycles. The van der Waals surface area contributed by atoms with Crippen molar-refractivity contribution in [1.29, 1.82) is 0 Å². The lowest BCUT2D eigenvalue weighted by atomic mass is 10.1. The van der Waals surface area contributed by atoms with Gasteiger partial charge in [0, 0.05) is 22.7 Å². The Morgan fingerprint density at radius 1 is 1.24 bits per heavy atom. The number of hydrogen-bond donors (Lipinski definition) is 0. The zero-order chi connectivity index (χ0) is 21.9. The van der Waals surface area contributed by atoms with Gasteiger partial charge in [0.15, 0.2) is 24.3 Å². The molecule has 0 bridgehead atoms. The average Bonchev–Trinajstić information content (AvgIpc) is 2.93. The Hall–Kier alpha value is -1.45. The summed E-state index contributed by atoms with van der Waals surface area (Å²) >= 11 is 7.30. The summed E-state index contributed by atoms with van der Waals surface area (Å²) in [7, 11) is 0. The molecule has 29 heavy (non-hydrogen) atoms. The molecule has 2 rings (SSSR count). The third kappa shape index (κ3) is 5.38. The Kier molecular flexibility index (Phi) is 8.25. The van der Waals surface area contributed by atoms with Gasteiger partial charge >= 0.3 is 6.09 Å². The van der Waals surface area contributed by atoms with Gasteiger partial charge in [-0.2, -0.15) is 0 Å². The van der Waals surface area contributed by atoms with E-state index in [1.807, 2.05) is 34.0 Å². The topological polar surface area (TPSA) is 47.4 Å². The fourth-order valence-electron chi connectivity index (χ4n) is 3.11. The van der Waals surface area contributed by atoms with E-state index in [-0.39, 0.29) is 40.8 Å². The molecule has 0 N–H and O–H groups in total. The largest absolute Gasteiger partial charge is 0.433 e. The van der Waals surface area contributed by atoms with Crippen molar-refractivity contribution < 1.29 is 17.8 Å². The third-order valence-electron chi connectivity index (χ3n) is 4.26. The third-order valence-corrected chi connectivity index (χ3v) is 5.86. The van der Waals surface area contributed by atoms with Crippen LogP contribution < -0.4 is 0 Å². The van der Waals surface area contributed by atoms with Crippen LogP contribution in [0.25, 0.3) is 0 Å². The maximum atomic E-state index is 14.0. The number of nitrogens with zero attached hydrogens (tertiary/aromatic N) is 3. The first-order valence-electron chi connectivity index (χ1n) is 8.97. The lowest BCUT2D eigenvalue weighted by Gasteiger charge is -2.31. The van der Waals surface area contributed by atoms with E-state index in [0.29, 0.717) is 10.7 Å². The number of ether oxygens (including phenoxy) is 1. The molecule has 0 spiro atoms. The van der Waals surface area contributed by atoms with Gasteiger partial charge in [-0.05, 0) is 59.1 Å². The number of imidazole rings is 1. The second kappa shape index (κ2) is 10.0. The molecule has 5 nitrogen and oxygen atoms in total. The first-order valence-corrected chi connectivity index (χ1v) is 11.3. The van der Waals surface area contributed by atoms with Gasteiger partial charge in [0.05, 0.1) is 5.69 Å². The van der Waals surface area contributed by atoms with E-state index in [1.165, 1.54) is 27.9 Å². The number of thioether (sulfide) groups is 1. The normalized spacial score (nSPS) is 12.5. The van der Waals surface area contributed by atoms with E-state index in [4.69, 9.17) is 16.3 Å². The van der Waals surface area contributed by atoms with E-state index < -0.39 is 18.0 Å². The van der Waals surface area contributed by atoms with Crippen molar-refractivity contribution in [3.05, 3.63) is 46.1 Å². The molecule has 10 heteroatoms. The van der Waals surface area contributed by atoms with Crippen molar-refractivity contribution in [2.24, 2.45) is 0 Å². The quantitative estimate of drug-likeness (QED) is 0.442. The van der Waals surface area contributed by atoms with E-state index in [9.17, 15) is 13.1 Å². The fourth-order valence-corrected chi connectivity index (χ4v) is 4.37. The first-order chi connectivity index (χ1) is 13.6. The highest BCUT2D eigenvalue weighted by Crippen LogP contribution is 2.35. The summed E-state index contributed by atoms with van der Waals surface area (Å²) in [6.45, 7) is 9.17. The summed E-state index contributed by atoms with van der Waals surface area (Å²) in [4.78, 5) is 18.9. The molecule has 160 valence electrons. The number of aromatic nitrogens is 2. The summed E-state index contributed by atoms with van der Waals surface area (Å²) in [5.41, 5.74) is 0.830. The molecule has 0 saturated carbocycles. The molecule has 1 aromatic carbocycles. The highest BCUT2D eigenvalue weighted by molar-refractivity contribution is 7.98. The van der Waals surface area contributed by atoms with Gasteiger partial charge < -0.3 is 9.64 Å². The van der Waals surface area contributed by atoms with Crippen LogP contribution >= 0.6 is 35.7 Å². The predicted octanol–water partition coefficient (Wildman–Crippen LogP) is 6.43. The van der Waals surface area contributed by atoms with Crippen LogP contribution in [0, 0.1) is 12.7 Å². The van der Waals surface area contributed by atoms with Crippen LogP contribution in [0.1, 0.15) is 50.9 Å². The molecule has 0 fully saturated rings. The van der Waals surface area contributed by atoms with Gasteiger partial charge in [-0.3, -0.25) is 0 Å². The van der Waals surface area contributed by atoms with Gasteiger partial charge in [0.25, 0.3) is 0 Å². The van der Waals surface area contributed by atoms with Crippen LogP contribution in [-0.4, -0.2) is 38.3 Å². The predicted molar refractivity (Wildman–Crippen MR) is 115 cm³/mol. The molecule has 0 radical (unpaired) electrons. The van der Waals surface area contributed by atoms with Crippen LogP contribution in [0.3, 0.4) is 0 Å². The minimum atomic E-state index is -1.14. The molecule has 0 saturated heterocycles. The van der Waals surface area contributed by atoms with Crippen LogP contribution in [0.15, 0.2) is 23.2 Å². The monoisotopic (exact) mass is 463 g/mol. The molecule has 1 unspecified atom stereocenters. The number of halogens is 3. The molecule has 2 aromatic rings. The maximum Gasteiger partial charge on any atom is 0.411 e. The van der Waals surface area contributed by atoms with Gasteiger partial charge in [0.1, 0.15) is 10.8 Å². The minimum absolute atomic E-state index is 0.0531. The second-order valence-electron chi connectivity index (χ2n) is 6.99. The van der Waals surface area contributed by atoms with E-state index in [1.54, 1.807) is 11.8 Å². The van der Waals surface area contributed by atoms with Gasteiger partial charge in [-0.1, -0.05) is 11.6 Å². The Bertz CT molecular complexity index is 849. The molecular formula is C19H24ClF2N3O2S2. The van der Waals surface area contributed by atoms with E-state index in [0.717, 1.165) is 6.07 Å². The Labute approximate surface area is 183 Å². The summed E-state index contributed by atoms with van der Waals surface area (Å²) in [5, 5.41) is 0.719. The lowest BCUT2D eigenvalue weighted by molar-refractivity contribution is 0.0548. The van der Waals surface area contributed by atoms with Crippen molar-refractivity contribution in [1.82, 2.24) is 13.9 Å². The SMILES string of the molecule is CSc1nc(C(OC(=O)N(C(C)C)C(C)C)c2cc(F)cc(Cl)c2)n(SF)c1C. The molecular weight excluding hydrogens is 440 g/mol. The zero-order valence-electron chi connectivity index (χ0n) is 17.1. The summed E-state index contributed by atoms with van der Waals surface area (Å²) < 4.78 is 34.8. The Morgan fingerprint density at radius 3 is 2.34 bits per heavy atom. The minimum Gasteiger partial charge on any atom is -0.433 e. The molecule has 0 aliphatic rings. The molecule has 1 atom stereocenters. The average molecular weight is 464 g/mol. The first kappa shape index (κ1) is 23.8.